The molecule has 1 aromatic carbocycles. The van der Waals surface area contributed by atoms with Crippen molar-refractivity contribution < 1.29 is 13.2 Å². The molecule has 0 radical (unpaired) electrons. The monoisotopic (exact) mass is 351 g/mol. The van der Waals surface area contributed by atoms with Crippen molar-refractivity contribution in [2.75, 3.05) is 13.2 Å². The number of sulfonamides is 1. The Balaban J connectivity index is 2.10. The minimum Gasteiger partial charge on any atom is -0.381 e. The molecule has 1 aromatic heterocycles. The van der Waals surface area contributed by atoms with Crippen LogP contribution in [-0.2, 0) is 14.8 Å². The highest BCUT2D eigenvalue weighted by Gasteiger charge is 2.26. The number of aromatic nitrogens is 2. The topological polar surface area (TPSA) is 73.2 Å². The fourth-order valence-corrected chi connectivity index (χ4v) is 4.48. The number of ether oxygens (including phenoxy) is 1. The van der Waals surface area contributed by atoms with Gasteiger partial charge in [-0.1, -0.05) is 0 Å². The molecule has 0 aliphatic carbocycles. The van der Waals surface area contributed by atoms with E-state index < -0.39 is 10.0 Å². The van der Waals surface area contributed by atoms with Crippen molar-refractivity contribution >= 4 is 21.1 Å². The lowest BCUT2D eigenvalue weighted by Gasteiger charge is -2.16. The average Bonchev–Trinajstić information content (AvgIpc) is 3.12. The molecule has 1 aliphatic heterocycles. The Morgan fingerprint density at radius 3 is 2.62 bits per heavy atom. The molecule has 1 unspecified atom stereocenters. The summed E-state index contributed by atoms with van der Waals surface area (Å²) in [6.45, 7) is 9.28. The van der Waals surface area contributed by atoms with E-state index in [2.05, 4.69) is 23.1 Å². The summed E-state index contributed by atoms with van der Waals surface area (Å²) in [7, 11) is -3.52. The third-order valence-electron chi connectivity index (χ3n) is 4.20. The zero-order valence-corrected chi connectivity index (χ0v) is 15.4. The molecule has 0 spiro atoms. The van der Waals surface area contributed by atoms with Crippen LogP contribution in [-0.4, -0.2) is 37.2 Å². The van der Waals surface area contributed by atoms with Crippen molar-refractivity contribution in [2.45, 2.75) is 57.0 Å². The molecule has 0 saturated carbocycles. The number of rotatable bonds is 5. The van der Waals surface area contributed by atoms with Gasteiger partial charge < -0.3 is 9.30 Å². The predicted molar refractivity (Wildman–Crippen MR) is 93.8 cm³/mol. The molecule has 132 valence electrons. The number of hydrogen-bond donors (Lipinski definition) is 1. The van der Waals surface area contributed by atoms with Crippen LogP contribution >= 0.6 is 0 Å². The minimum atomic E-state index is -3.52. The predicted octanol–water partition coefficient (Wildman–Crippen LogP) is 2.81. The Morgan fingerprint density at radius 2 is 2.04 bits per heavy atom. The van der Waals surface area contributed by atoms with Crippen molar-refractivity contribution in [3.63, 3.8) is 0 Å². The number of benzene rings is 1. The Morgan fingerprint density at radius 1 is 1.29 bits per heavy atom. The first-order valence-corrected chi connectivity index (χ1v) is 9.90. The first kappa shape index (κ1) is 17.4. The number of hydrogen-bond acceptors (Lipinski definition) is 4. The highest BCUT2D eigenvalue weighted by Crippen LogP contribution is 2.31. The third kappa shape index (κ3) is 3.20. The fourth-order valence-electron chi connectivity index (χ4n) is 3.21. The quantitative estimate of drug-likeness (QED) is 0.899. The van der Waals surface area contributed by atoms with Gasteiger partial charge in [-0.2, -0.15) is 0 Å². The summed E-state index contributed by atoms with van der Waals surface area (Å²) >= 11 is 0. The van der Waals surface area contributed by atoms with Crippen LogP contribution in [0.4, 0.5) is 0 Å². The second-order valence-electron chi connectivity index (χ2n) is 6.92. The van der Waals surface area contributed by atoms with Crippen molar-refractivity contribution in [1.29, 1.82) is 0 Å². The minimum absolute atomic E-state index is 0.148. The average molecular weight is 351 g/mol. The van der Waals surface area contributed by atoms with E-state index in [1.54, 1.807) is 12.1 Å². The van der Waals surface area contributed by atoms with Gasteiger partial charge in [0.15, 0.2) is 0 Å². The SMILES string of the molecule is CC(C)NS(=O)(=O)c1ccc2c(c1)nc(C1CCOC1)n2C(C)C. The molecule has 6 nitrogen and oxygen atoms in total. The Hall–Kier alpha value is -1.44. The number of nitrogens with one attached hydrogen (secondary N) is 1. The third-order valence-corrected chi connectivity index (χ3v) is 5.86. The second-order valence-corrected chi connectivity index (χ2v) is 8.63. The molecule has 1 saturated heterocycles. The number of fused-ring (bicyclic) bond motifs is 1. The molecule has 2 aromatic rings. The van der Waals surface area contributed by atoms with Crippen molar-refractivity contribution in [1.82, 2.24) is 14.3 Å². The largest absolute Gasteiger partial charge is 0.381 e. The van der Waals surface area contributed by atoms with E-state index in [-0.39, 0.29) is 22.9 Å². The van der Waals surface area contributed by atoms with Gasteiger partial charge in [0, 0.05) is 24.6 Å². The Labute approximate surface area is 143 Å². The number of nitrogens with zero attached hydrogens (tertiary/aromatic N) is 2. The standard InChI is InChI=1S/C17H25N3O3S/c1-11(2)19-24(21,22)14-5-6-16-15(9-14)18-17(20(16)12(3)4)13-7-8-23-10-13/h5-6,9,11-13,19H,7-8,10H2,1-4H3. The normalized spacial score (nSPS) is 19.0. The van der Waals surface area contributed by atoms with E-state index in [4.69, 9.17) is 9.72 Å². The van der Waals surface area contributed by atoms with Gasteiger partial charge in [-0.25, -0.2) is 18.1 Å². The van der Waals surface area contributed by atoms with Gasteiger partial charge in [-0.3, -0.25) is 0 Å². The van der Waals surface area contributed by atoms with Crippen molar-refractivity contribution in [3.05, 3.63) is 24.0 Å². The molecule has 0 amide bonds. The van der Waals surface area contributed by atoms with Crippen LogP contribution < -0.4 is 4.72 Å². The van der Waals surface area contributed by atoms with E-state index in [0.29, 0.717) is 6.61 Å². The Kier molecular flexibility index (Phi) is 4.68. The maximum Gasteiger partial charge on any atom is 0.240 e. The lowest BCUT2D eigenvalue weighted by atomic mass is 10.1. The van der Waals surface area contributed by atoms with E-state index in [1.807, 2.05) is 19.9 Å². The molecule has 24 heavy (non-hydrogen) atoms. The van der Waals surface area contributed by atoms with Gasteiger partial charge in [-0.15, -0.1) is 0 Å². The molecule has 7 heteroatoms. The van der Waals surface area contributed by atoms with Crippen LogP contribution in [0.25, 0.3) is 11.0 Å². The molecular formula is C17H25N3O3S. The molecule has 1 aliphatic rings. The smallest absolute Gasteiger partial charge is 0.240 e. The van der Waals surface area contributed by atoms with Crippen LogP contribution in [0.1, 0.15) is 51.9 Å². The van der Waals surface area contributed by atoms with Gasteiger partial charge >= 0.3 is 0 Å². The van der Waals surface area contributed by atoms with Crippen LogP contribution in [0.15, 0.2) is 23.1 Å². The van der Waals surface area contributed by atoms with Gasteiger partial charge in [-0.05, 0) is 52.3 Å². The highest BCUT2D eigenvalue weighted by molar-refractivity contribution is 7.89. The zero-order valence-electron chi connectivity index (χ0n) is 14.6. The van der Waals surface area contributed by atoms with Crippen LogP contribution in [0.5, 0.6) is 0 Å². The number of imidazole rings is 1. The Bertz CT molecular complexity index is 834. The first-order chi connectivity index (χ1) is 11.3. The summed E-state index contributed by atoms with van der Waals surface area (Å²) in [6.07, 6.45) is 0.954. The van der Waals surface area contributed by atoms with E-state index >= 15 is 0 Å². The molecule has 0 bridgehead atoms. The summed E-state index contributed by atoms with van der Waals surface area (Å²) in [5.74, 6) is 1.26. The van der Waals surface area contributed by atoms with Gasteiger partial charge in [0.2, 0.25) is 10.0 Å². The van der Waals surface area contributed by atoms with Crippen molar-refractivity contribution in [3.8, 4) is 0 Å². The van der Waals surface area contributed by atoms with Crippen LogP contribution in [0.2, 0.25) is 0 Å². The first-order valence-electron chi connectivity index (χ1n) is 8.41. The van der Waals surface area contributed by atoms with Gasteiger partial charge in [0.05, 0.1) is 22.5 Å². The van der Waals surface area contributed by atoms with Gasteiger partial charge in [0.1, 0.15) is 5.82 Å². The summed E-state index contributed by atoms with van der Waals surface area (Å²) in [5.41, 5.74) is 1.69. The zero-order chi connectivity index (χ0) is 17.5. The second kappa shape index (κ2) is 6.46. The maximum atomic E-state index is 12.4. The fraction of sp³-hybridized carbons (Fsp3) is 0.588. The summed E-state index contributed by atoms with van der Waals surface area (Å²) in [6, 6.07) is 5.28. The molecule has 2 heterocycles. The van der Waals surface area contributed by atoms with E-state index in [9.17, 15) is 8.42 Å². The van der Waals surface area contributed by atoms with Crippen LogP contribution in [0.3, 0.4) is 0 Å². The van der Waals surface area contributed by atoms with Crippen molar-refractivity contribution in [2.24, 2.45) is 0 Å². The summed E-state index contributed by atoms with van der Waals surface area (Å²) < 4.78 is 35.1. The summed E-state index contributed by atoms with van der Waals surface area (Å²) in [5, 5.41) is 0. The van der Waals surface area contributed by atoms with Gasteiger partial charge in [0.25, 0.3) is 0 Å². The van der Waals surface area contributed by atoms with E-state index in [0.717, 1.165) is 29.9 Å². The van der Waals surface area contributed by atoms with Crippen LogP contribution in [0, 0.1) is 0 Å². The van der Waals surface area contributed by atoms with E-state index in [1.165, 1.54) is 0 Å². The summed E-state index contributed by atoms with van der Waals surface area (Å²) in [4.78, 5) is 5.02. The maximum absolute atomic E-state index is 12.4. The lowest BCUT2D eigenvalue weighted by Crippen LogP contribution is -2.30. The lowest BCUT2D eigenvalue weighted by molar-refractivity contribution is 0.192. The molecule has 1 atom stereocenters. The molecule has 1 N–H and O–H groups in total. The highest BCUT2D eigenvalue weighted by atomic mass is 32.2. The molecular weight excluding hydrogens is 326 g/mol. The molecule has 1 fully saturated rings. The molecule has 3 rings (SSSR count).